The van der Waals surface area contributed by atoms with Crippen molar-refractivity contribution >= 4 is 27.5 Å². The van der Waals surface area contributed by atoms with Gasteiger partial charge in [0.1, 0.15) is 4.83 Å². The molecule has 1 aromatic carbocycles. The van der Waals surface area contributed by atoms with E-state index in [0.717, 1.165) is 42.9 Å². The van der Waals surface area contributed by atoms with Crippen molar-refractivity contribution in [1.29, 1.82) is 0 Å². The predicted octanol–water partition coefficient (Wildman–Crippen LogP) is 6.32. The van der Waals surface area contributed by atoms with Crippen molar-refractivity contribution in [3.8, 4) is 11.1 Å². The SMILES string of the molecule is CCC(CCCC(=O)O)c1c(C)nc2sc3c(c2c1-c1ccc(C)cc1)CCN(C)C3. The molecule has 1 atom stereocenters. The number of hydrogen-bond donors (Lipinski definition) is 1. The monoisotopic (exact) mass is 436 g/mol. The molecule has 164 valence electrons. The lowest BCUT2D eigenvalue weighted by Crippen LogP contribution is -2.25. The number of aliphatic carboxylic acids is 1. The summed E-state index contributed by atoms with van der Waals surface area (Å²) < 4.78 is 0. The van der Waals surface area contributed by atoms with Gasteiger partial charge < -0.3 is 10.0 Å². The van der Waals surface area contributed by atoms with Gasteiger partial charge in [0.2, 0.25) is 0 Å². The van der Waals surface area contributed by atoms with Crippen molar-refractivity contribution in [2.75, 3.05) is 13.6 Å². The second-order valence-electron chi connectivity index (χ2n) is 8.91. The molecule has 0 radical (unpaired) electrons. The summed E-state index contributed by atoms with van der Waals surface area (Å²) in [6, 6.07) is 8.88. The van der Waals surface area contributed by atoms with Crippen molar-refractivity contribution in [2.45, 2.75) is 65.3 Å². The highest BCUT2D eigenvalue weighted by atomic mass is 32.1. The molecule has 3 aromatic rings. The summed E-state index contributed by atoms with van der Waals surface area (Å²) in [7, 11) is 2.19. The lowest BCUT2D eigenvalue weighted by Gasteiger charge is -2.25. The highest BCUT2D eigenvalue weighted by molar-refractivity contribution is 7.19. The molecule has 1 aliphatic rings. The van der Waals surface area contributed by atoms with Crippen LogP contribution in [0.5, 0.6) is 0 Å². The Morgan fingerprint density at radius 2 is 2.00 bits per heavy atom. The maximum Gasteiger partial charge on any atom is 0.303 e. The fourth-order valence-corrected chi connectivity index (χ4v) is 6.31. The van der Waals surface area contributed by atoms with Gasteiger partial charge in [-0.1, -0.05) is 36.8 Å². The van der Waals surface area contributed by atoms with Gasteiger partial charge in [0.15, 0.2) is 0 Å². The molecule has 5 heteroatoms. The first-order chi connectivity index (χ1) is 14.9. The molecule has 0 spiro atoms. The Kier molecular flexibility index (Phi) is 6.44. The predicted molar refractivity (Wildman–Crippen MR) is 129 cm³/mol. The number of carboxylic acid groups (broad SMARTS) is 1. The number of carboxylic acids is 1. The molecule has 1 N–H and O–H groups in total. The Labute approximate surface area is 188 Å². The van der Waals surface area contributed by atoms with E-state index >= 15 is 0 Å². The van der Waals surface area contributed by atoms with E-state index < -0.39 is 5.97 Å². The summed E-state index contributed by atoms with van der Waals surface area (Å²) in [6.45, 7) is 8.55. The van der Waals surface area contributed by atoms with Gasteiger partial charge in [-0.15, -0.1) is 11.3 Å². The van der Waals surface area contributed by atoms with Gasteiger partial charge in [-0.05, 0) is 74.8 Å². The van der Waals surface area contributed by atoms with Crippen LogP contribution in [0.2, 0.25) is 0 Å². The summed E-state index contributed by atoms with van der Waals surface area (Å²) in [5.74, 6) is -0.399. The number of pyridine rings is 1. The third kappa shape index (κ3) is 4.39. The fourth-order valence-electron chi connectivity index (χ4n) is 4.95. The van der Waals surface area contributed by atoms with Crippen molar-refractivity contribution in [2.24, 2.45) is 0 Å². The van der Waals surface area contributed by atoms with Crippen LogP contribution in [0.25, 0.3) is 21.3 Å². The molecule has 0 aliphatic carbocycles. The maximum absolute atomic E-state index is 11.1. The van der Waals surface area contributed by atoms with Gasteiger partial charge >= 0.3 is 5.97 Å². The lowest BCUT2D eigenvalue weighted by molar-refractivity contribution is -0.137. The molecular weight excluding hydrogens is 404 g/mol. The molecule has 2 aromatic heterocycles. The van der Waals surface area contributed by atoms with Crippen molar-refractivity contribution < 1.29 is 9.90 Å². The zero-order valence-electron chi connectivity index (χ0n) is 19.0. The van der Waals surface area contributed by atoms with Crippen molar-refractivity contribution in [3.05, 3.63) is 51.5 Å². The first kappa shape index (κ1) is 22.0. The van der Waals surface area contributed by atoms with E-state index in [9.17, 15) is 4.79 Å². The number of carbonyl (C=O) groups is 1. The molecule has 0 saturated carbocycles. The Bertz CT molecular complexity index is 1100. The normalized spacial score (nSPS) is 15.2. The molecule has 3 heterocycles. The van der Waals surface area contributed by atoms with Gasteiger partial charge in [0.25, 0.3) is 0 Å². The van der Waals surface area contributed by atoms with E-state index in [1.54, 1.807) is 0 Å². The summed E-state index contributed by atoms with van der Waals surface area (Å²) in [5.41, 5.74) is 7.75. The van der Waals surface area contributed by atoms with Gasteiger partial charge in [-0.2, -0.15) is 0 Å². The van der Waals surface area contributed by atoms with Crippen LogP contribution in [0.15, 0.2) is 24.3 Å². The molecule has 31 heavy (non-hydrogen) atoms. The van der Waals surface area contributed by atoms with Crippen LogP contribution in [0, 0.1) is 13.8 Å². The summed E-state index contributed by atoms with van der Waals surface area (Å²) >= 11 is 1.85. The van der Waals surface area contributed by atoms with Gasteiger partial charge in [-0.25, -0.2) is 4.98 Å². The number of thiophene rings is 1. The van der Waals surface area contributed by atoms with E-state index in [0.29, 0.717) is 12.3 Å². The quantitative estimate of drug-likeness (QED) is 0.471. The van der Waals surface area contributed by atoms with Gasteiger partial charge in [0, 0.05) is 35.5 Å². The first-order valence-corrected chi connectivity index (χ1v) is 12.1. The van der Waals surface area contributed by atoms with Crippen LogP contribution >= 0.6 is 11.3 Å². The van der Waals surface area contributed by atoms with Crippen LogP contribution in [0.1, 0.15) is 65.8 Å². The second-order valence-corrected chi connectivity index (χ2v) is 10.00. The van der Waals surface area contributed by atoms with E-state index in [4.69, 9.17) is 10.1 Å². The van der Waals surface area contributed by atoms with E-state index in [1.807, 2.05) is 11.3 Å². The van der Waals surface area contributed by atoms with Crippen LogP contribution in [0.3, 0.4) is 0 Å². The van der Waals surface area contributed by atoms with E-state index in [2.05, 4.69) is 57.0 Å². The number of fused-ring (bicyclic) bond motifs is 3. The van der Waals surface area contributed by atoms with E-state index in [-0.39, 0.29) is 6.42 Å². The number of aromatic nitrogens is 1. The minimum absolute atomic E-state index is 0.227. The summed E-state index contributed by atoms with van der Waals surface area (Å²) in [4.78, 5) is 21.2. The average Bonchev–Trinajstić information content (AvgIpc) is 3.08. The maximum atomic E-state index is 11.1. The molecule has 1 unspecified atom stereocenters. The van der Waals surface area contributed by atoms with Crippen LogP contribution in [-0.4, -0.2) is 34.6 Å². The minimum Gasteiger partial charge on any atom is -0.481 e. The van der Waals surface area contributed by atoms with Crippen molar-refractivity contribution in [1.82, 2.24) is 9.88 Å². The molecule has 4 nitrogen and oxygen atoms in total. The molecule has 0 fully saturated rings. The Morgan fingerprint density at radius 1 is 1.26 bits per heavy atom. The molecule has 0 saturated heterocycles. The molecule has 1 aliphatic heterocycles. The third-order valence-corrected chi connectivity index (χ3v) is 7.70. The average molecular weight is 437 g/mol. The number of hydrogen-bond acceptors (Lipinski definition) is 4. The topological polar surface area (TPSA) is 53.4 Å². The standard InChI is InChI=1S/C26H32N2O2S/c1-5-18(7-6-8-22(29)30)23-17(3)27-26-25(20-13-14-28(4)15-21(20)31-26)24(23)19-11-9-16(2)10-12-19/h9-12,18H,5-8,13-15H2,1-4H3,(H,29,30). The number of rotatable bonds is 7. The van der Waals surface area contributed by atoms with Gasteiger partial charge in [-0.3, -0.25) is 4.79 Å². The van der Waals surface area contributed by atoms with Crippen molar-refractivity contribution in [3.63, 3.8) is 0 Å². The largest absolute Gasteiger partial charge is 0.481 e. The smallest absolute Gasteiger partial charge is 0.303 e. The Balaban J connectivity index is 1.93. The lowest BCUT2D eigenvalue weighted by atomic mass is 9.82. The van der Waals surface area contributed by atoms with E-state index in [1.165, 1.54) is 38.1 Å². The Hall–Kier alpha value is -2.24. The molecular formula is C26H32N2O2S. The highest BCUT2D eigenvalue weighted by Crippen LogP contribution is 2.45. The Morgan fingerprint density at radius 3 is 2.68 bits per heavy atom. The number of likely N-dealkylation sites (N-methyl/N-ethyl adjacent to an activating group) is 1. The number of aryl methyl sites for hydroxylation is 2. The number of benzene rings is 1. The number of nitrogens with zero attached hydrogens (tertiary/aromatic N) is 2. The second kappa shape index (κ2) is 9.09. The summed E-state index contributed by atoms with van der Waals surface area (Å²) in [6.07, 6.45) is 3.85. The zero-order valence-corrected chi connectivity index (χ0v) is 19.8. The van der Waals surface area contributed by atoms with Crippen LogP contribution in [0.4, 0.5) is 0 Å². The van der Waals surface area contributed by atoms with Gasteiger partial charge in [0.05, 0.1) is 0 Å². The van der Waals surface area contributed by atoms with Crippen LogP contribution in [-0.2, 0) is 17.8 Å². The minimum atomic E-state index is -0.713. The zero-order chi connectivity index (χ0) is 22.1. The highest BCUT2D eigenvalue weighted by Gasteiger charge is 2.27. The molecule has 4 rings (SSSR count). The molecule has 0 amide bonds. The van der Waals surface area contributed by atoms with Crippen LogP contribution < -0.4 is 0 Å². The first-order valence-electron chi connectivity index (χ1n) is 11.3. The third-order valence-electron chi connectivity index (χ3n) is 6.59. The fraction of sp³-hybridized carbons (Fsp3) is 0.462. The molecule has 0 bridgehead atoms. The summed E-state index contributed by atoms with van der Waals surface area (Å²) in [5, 5.41) is 10.5.